The Balaban J connectivity index is 2.11. The molecule has 2 aromatic rings. The third-order valence-electron chi connectivity index (χ3n) is 3.09. The molecule has 0 aliphatic carbocycles. The summed E-state index contributed by atoms with van der Waals surface area (Å²) in [6.07, 6.45) is 0.403. The second-order valence-corrected chi connectivity index (χ2v) is 4.93. The van der Waals surface area contributed by atoms with Gasteiger partial charge < -0.3 is 10.5 Å². The Hall–Kier alpha value is -1.58. The molecule has 4 heteroatoms. The van der Waals surface area contributed by atoms with Gasteiger partial charge in [-0.3, -0.25) is 0 Å². The van der Waals surface area contributed by atoms with E-state index in [1.807, 2.05) is 31.2 Å². The van der Waals surface area contributed by atoms with Crippen LogP contribution in [0.2, 0.25) is 5.02 Å². The molecule has 1 unspecified atom stereocenters. The Labute approximate surface area is 123 Å². The van der Waals surface area contributed by atoms with E-state index in [2.05, 4.69) is 0 Å². The van der Waals surface area contributed by atoms with Gasteiger partial charge in [-0.1, -0.05) is 35.9 Å². The zero-order chi connectivity index (χ0) is 14.5. The highest BCUT2D eigenvalue weighted by molar-refractivity contribution is 6.30. The monoisotopic (exact) mass is 293 g/mol. The molecule has 0 radical (unpaired) electrons. The molecule has 2 rings (SSSR count). The van der Waals surface area contributed by atoms with Crippen LogP contribution in [0.25, 0.3) is 0 Å². The van der Waals surface area contributed by atoms with Gasteiger partial charge in [-0.2, -0.15) is 0 Å². The summed E-state index contributed by atoms with van der Waals surface area (Å²) < 4.78 is 19.2. The van der Waals surface area contributed by atoms with Crippen LogP contribution < -0.4 is 10.5 Å². The SMILES string of the molecule is CCOc1ccc(C(N)Cc2cccc(Cl)c2F)cc1. The van der Waals surface area contributed by atoms with Crippen molar-refractivity contribution in [3.05, 3.63) is 64.4 Å². The maximum absolute atomic E-state index is 13.8. The first-order valence-electron chi connectivity index (χ1n) is 6.53. The molecule has 0 saturated heterocycles. The van der Waals surface area contributed by atoms with Gasteiger partial charge in [0, 0.05) is 6.04 Å². The van der Waals surface area contributed by atoms with E-state index in [1.54, 1.807) is 12.1 Å². The van der Waals surface area contributed by atoms with Crippen molar-refractivity contribution in [2.75, 3.05) is 6.61 Å². The molecule has 0 aliphatic rings. The lowest BCUT2D eigenvalue weighted by atomic mass is 9.99. The van der Waals surface area contributed by atoms with Crippen LogP contribution in [-0.2, 0) is 6.42 Å². The number of ether oxygens (including phenoxy) is 1. The van der Waals surface area contributed by atoms with Crippen molar-refractivity contribution in [1.82, 2.24) is 0 Å². The van der Waals surface area contributed by atoms with E-state index in [0.29, 0.717) is 18.6 Å². The fourth-order valence-corrected chi connectivity index (χ4v) is 2.23. The van der Waals surface area contributed by atoms with Crippen molar-refractivity contribution in [2.45, 2.75) is 19.4 Å². The van der Waals surface area contributed by atoms with E-state index < -0.39 is 5.82 Å². The van der Waals surface area contributed by atoms with Gasteiger partial charge in [0.2, 0.25) is 0 Å². The van der Waals surface area contributed by atoms with Crippen LogP contribution in [0.4, 0.5) is 4.39 Å². The number of nitrogens with two attached hydrogens (primary N) is 1. The van der Waals surface area contributed by atoms with E-state index in [-0.39, 0.29) is 11.1 Å². The fraction of sp³-hybridized carbons (Fsp3) is 0.250. The smallest absolute Gasteiger partial charge is 0.145 e. The molecule has 2 N–H and O–H groups in total. The van der Waals surface area contributed by atoms with Gasteiger partial charge in [0.1, 0.15) is 11.6 Å². The molecule has 0 amide bonds. The summed E-state index contributed by atoms with van der Waals surface area (Å²) in [5.74, 6) is 0.410. The third-order valence-corrected chi connectivity index (χ3v) is 3.38. The minimum Gasteiger partial charge on any atom is -0.494 e. The van der Waals surface area contributed by atoms with E-state index in [1.165, 1.54) is 6.07 Å². The first-order chi connectivity index (χ1) is 9.61. The Morgan fingerprint density at radius 3 is 2.55 bits per heavy atom. The molecule has 0 aliphatic heterocycles. The summed E-state index contributed by atoms with van der Waals surface area (Å²) in [5, 5.41) is 0.126. The van der Waals surface area contributed by atoms with Crippen molar-refractivity contribution < 1.29 is 9.13 Å². The lowest BCUT2D eigenvalue weighted by Crippen LogP contribution is -2.14. The lowest BCUT2D eigenvalue weighted by molar-refractivity contribution is 0.340. The van der Waals surface area contributed by atoms with Crippen LogP contribution in [0.3, 0.4) is 0 Å². The summed E-state index contributed by atoms with van der Waals surface area (Å²) >= 11 is 5.77. The quantitative estimate of drug-likeness (QED) is 0.900. The van der Waals surface area contributed by atoms with Crippen molar-refractivity contribution in [3.63, 3.8) is 0 Å². The first kappa shape index (κ1) is 14.8. The molecule has 0 aromatic heterocycles. The minimum absolute atomic E-state index is 0.126. The second kappa shape index (κ2) is 6.73. The zero-order valence-electron chi connectivity index (χ0n) is 11.3. The summed E-state index contributed by atoms with van der Waals surface area (Å²) in [6, 6.07) is 12.2. The van der Waals surface area contributed by atoms with E-state index in [4.69, 9.17) is 22.1 Å². The third kappa shape index (κ3) is 3.50. The van der Waals surface area contributed by atoms with Gasteiger partial charge in [-0.15, -0.1) is 0 Å². The summed E-state index contributed by atoms with van der Waals surface area (Å²) in [5.41, 5.74) is 7.58. The van der Waals surface area contributed by atoms with E-state index in [9.17, 15) is 4.39 Å². The largest absolute Gasteiger partial charge is 0.494 e. The van der Waals surface area contributed by atoms with Crippen molar-refractivity contribution in [3.8, 4) is 5.75 Å². The highest BCUT2D eigenvalue weighted by atomic mass is 35.5. The van der Waals surface area contributed by atoms with E-state index >= 15 is 0 Å². The van der Waals surface area contributed by atoms with Crippen LogP contribution >= 0.6 is 11.6 Å². The van der Waals surface area contributed by atoms with Gasteiger partial charge in [0.05, 0.1) is 11.6 Å². The minimum atomic E-state index is -0.393. The van der Waals surface area contributed by atoms with Gasteiger partial charge in [-0.25, -0.2) is 4.39 Å². The summed E-state index contributed by atoms with van der Waals surface area (Å²) in [4.78, 5) is 0. The molecule has 1 atom stereocenters. The predicted molar refractivity (Wildman–Crippen MR) is 79.7 cm³/mol. The normalized spacial score (nSPS) is 12.2. The highest BCUT2D eigenvalue weighted by Crippen LogP contribution is 2.24. The summed E-state index contributed by atoms with van der Waals surface area (Å²) in [7, 11) is 0. The first-order valence-corrected chi connectivity index (χ1v) is 6.91. The Kier molecular flexibility index (Phi) is 4.99. The molecule has 106 valence electrons. The zero-order valence-corrected chi connectivity index (χ0v) is 12.0. The molecular formula is C16H17ClFNO. The molecular weight excluding hydrogens is 277 g/mol. The van der Waals surface area contributed by atoms with Crippen molar-refractivity contribution >= 4 is 11.6 Å². The number of halogens is 2. The molecule has 0 bridgehead atoms. The van der Waals surface area contributed by atoms with Crippen molar-refractivity contribution in [2.24, 2.45) is 5.73 Å². The molecule has 20 heavy (non-hydrogen) atoms. The highest BCUT2D eigenvalue weighted by Gasteiger charge is 2.12. The molecule has 2 aromatic carbocycles. The molecule has 0 saturated carbocycles. The topological polar surface area (TPSA) is 35.2 Å². The maximum Gasteiger partial charge on any atom is 0.145 e. The standard InChI is InChI=1S/C16H17ClFNO/c1-2-20-13-8-6-11(7-9-13)15(19)10-12-4-3-5-14(17)16(12)18/h3-9,15H,2,10,19H2,1H3. The van der Waals surface area contributed by atoms with E-state index in [0.717, 1.165) is 11.3 Å². The van der Waals surface area contributed by atoms with Gasteiger partial charge in [-0.05, 0) is 42.7 Å². The summed E-state index contributed by atoms with van der Waals surface area (Å²) in [6.45, 7) is 2.56. The van der Waals surface area contributed by atoms with Crippen LogP contribution in [-0.4, -0.2) is 6.61 Å². The van der Waals surface area contributed by atoms with Crippen LogP contribution in [0.1, 0.15) is 24.1 Å². The fourth-order valence-electron chi connectivity index (χ4n) is 2.04. The average molecular weight is 294 g/mol. The predicted octanol–water partition coefficient (Wildman–Crippen LogP) is 4.12. The Morgan fingerprint density at radius 1 is 1.20 bits per heavy atom. The number of rotatable bonds is 5. The number of benzene rings is 2. The van der Waals surface area contributed by atoms with Crippen LogP contribution in [0.5, 0.6) is 5.75 Å². The van der Waals surface area contributed by atoms with Gasteiger partial charge in [0.15, 0.2) is 0 Å². The molecule has 0 fully saturated rings. The van der Waals surface area contributed by atoms with Gasteiger partial charge >= 0.3 is 0 Å². The van der Waals surface area contributed by atoms with Crippen LogP contribution in [0.15, 0.2) is 42.5 Å². The van der Waals surface area contributed by atoms with Gasteiger partial charge in [0.25, 0.3) is 0 Å². The molecule has 2 nitrogen and oxygen atoms in total. The Bertz CT molecular complexity index is 571. The van der Waals surface area contributed by atoms with Crippen LogP contribution in [0, 0.1) is 5.82 Å². The molecule has 0 spiro atoms. The average Bonchev–Trinajstić information content (AvgIpc) is 2.45. The lowest BCUT2D eigenvalue weighted by Gasteiger charge is -2.14. The molecule has 0 heterocycles. The second-order valence-electron chi connectivity index (χ2n) is 4.53. The number of hydrogen-bond acceptors (Lipinski definition) is 2. The van der Waals surface area contributed by atoms with Crippen molar-refractivity contribution in [1.29, 1.82) is 0 Å². The Morgan fingerprint density at radius 2 is 1.90 bits per heavy atom. The maximum atomic E-state index is 13.8. The number of hydrogen-bond donors (Lipinski definition) is 1.